The minimum absolute atomic E-state index is 0. The summed E-state index contributed by atoms with van der Waals surface area (Å²) in [5.74, 6) is -0.866. The van der Waals surface area contributed by atoms with Gasteiger partial charge < -0.3 is 14.4 Å². The molecule has 3 aromatic heterocycles. The van der Waals surface area contributed by atoms with E-state index in [4.69, 9.17) is 5.79 Å². The number of benzene rings is 4. The maximum atomic E-state index is 9.00. The molecule has 48 heavy (non-hydrogen) atoms. The molecule has 7 aromatic rings. The van der Waals surface area contributed by atoms with E-state index in [0.29, 0.717) is 0 Å². The number of fused-ring (bicyclic) bond motifs is 3. The van der Waals surface area contributed by atoms with Crippen LogP contribution in [0, 0.1) is 12.1 Å². The van der Waals surface area contributed by atoms with Crippen LogP contribution in [0.15, 0.2) is 126 Å². The molecule has 0 N–H and O–H groups in total. The van der Waals surface area contributed by atoms with Crippen molar-refractivity contribution in [2.75, 3.05) is 0 Å². The standard InChI is InChI=1S/C29H26NO.C14H16NSi.Ir/c1-19(20-8-6-5-7-9-20)21-14-15-30-26(17-21)22-10-13-27-25(16-22)24-12-11-23(29(2,3)4)18-28(24)31-27;1-16(2,3)13-9-10-14(15-11-13)12-7-5-4-6-8-12;/h5-9,11-19H,1-4H3;4-7,9-11H,1-3H3;/q2*-1;/i19D;;. The largest absolute Gasteiger partial charge is 0.500 e. The number of pyridine rings is 2. The Hall–Kier alpha value is -4.15. The molecular formula is C43H42IrN2OSi-2. The SMILES string of the molecule is C[Si](C)(C)c1ccc(-c2[c-]cccc2)nc1.[2H]C(C)(c1ccccc1)c1ccnc(-c2[c-]cc3oc4cc(C(C)(C)C)ccc4c3c2)c1.[Ir]. The van der Waals surface area contributed by atoms with Crippen molar-refractivity contribution in [1.82, 2.24) is 9.97 Å². The third-order valence-electron chi connectivity index (χ3n) is 8.56. The van der Waals surface area contributed by atoms with Gasteiger partial charge in [0.05, 0.1) is 13.7 Å². The van der Waals surface area contributed by atoms with Crippen LogP contribution in [-0.2, 0) is 25.5 Å². The second-order valence-electron chi connectivity index (χ2n) is 14.1. The van der Waals surface area contributed by atoms with Gasteiger partial charge in [-0.05, 0) is 50.8 Å². The molecule has 0 bridgehead atoms. The van der Waals surface area contributed by atoms with Gasteiger partial charge in [-0.2, -0.15) is 0 Å². The van der Waals surface area contributed by atoms with E-state index in [1.54, 1.807) is 6.20 Å². The van der Waals surface area contributed by atoms with Crippen molar-refractivity contribution in [3.05, 3.63) is 150 Å². The summed E-state index contributed by atoms with van der Waals surface area (Å²) in [6.45, 7) is 15.5. The molecule has 1 unspecified atom stereocenters. The predicted molar refractivity (Wildman–Crippen MR) is 200 cm³/mol. The van der Waals surface area contributed by atoms with Crippen LogP contribution in [0.5, 0.6) is 0 Å². The molecule has 3 heterocycles. The summed E-state index contributed by atoms with van der Waals surface area (Å²) < 4.78 is 15.1. The molecule has 0 aliphatic carbocycles. The summed E-state index contributed by atoms with van der Waals surface area (Å²) in [5, 5.41) is 3.54. The normalized spacial score (nSPS) is 13.2. The topological polar surface area (TPSA) is 38.9 Å². The van der Waals surface area contributed by atoms with Crippen LogP contribution in [-0.4, -0.2) is 18.0 Å². The van der Waals surface area contributed by atoms with Crippen molar-refractivity contribution in [3.63, 3.8) is 0 Å². The second kappa shape index (κ2) is 14.5. The molecule has 245 valence electrons. The molecule has 1 atom stereocenters. The first-order chi connectivity index (χ1) is 22.8. The Kier molecular flexibility index (Phi) is 10.2. The van der Waals surface area contributed by atoms with Gasteiger partial charge in [-0.25, -0.2) is 0 Å². The first-order valence-electron chi connectivity index (χ1n) is 16.7. The average molecular weight is 824 g/mol. The number of furan rings is 1. The third kappa shape index (κ3) is 7.93. The third-order valence-corrected chi connectivity index (χ3v) is 10.6. The van der Waals surface area contributed by atoms with E-state index in [9.17, 15) is 0 Å². The first kappa shape index (κ1) is 33.7. The maximum absolute atomic E-state index is 9.00. The average Bonchev–Trinajstić information content (AvgIpc) is 3.46. The molecule has 1 radical (unpaired) electrons. The van der Waals surface area contributed by atoms with Crippen molar-refractivity contribution < 1.29 is 25.9 Å². The van der Waals surface area contributed by atoms with Gasteiger partial charge in [0, 0.05) is 45.1 Å². The van der Waals surface area contributed by atoms with E-state index in [-0.39, 0.29) is 25.5 Å². The molecular weight excluding hydrogens is 781 g/mol. The molecule has 5 heteroatoms. The summed E-state index contributed by atoms with van der Waals surface area (Å²) in [7, 11) is -1.23. The van der Waals surface area contributed by atoms with Gasteiger partial charge >= 0.3 is 0 Å². The summed E-state index contributed by atoms with van der Waals surface area (Å²) in [6, 6.07) is 43.0. The number of hydrogen-bond donors (Lipinski definition) is 0. The number of hydrogen-bond acceptors (Lipinski definition) is 3. The van der Waals surface area contributed by atoms with Gasteiger partial charge in [0.15, 0.2) is 0 Å². The summed E-state index contributed by atoms with van der Waals surface area (Å²) in [6.07, 6.45) is 3.80. The van der Waals surface area contributed by atoms with Crippen LogP contribution >= 0.6 is 0 Å². The van der Waals surface area contributed by atoms with Crippen LogP contribution in [0.4, 0.5) is 0 Å². The van der Waals surface area contributed by atoms with Gasteiger partial charge in [0.25, 0.3) is 0 Å². The Labute approximate surface area is 301 Å². The second-order valence-corrected chi connectivity index (χ2v) is 19.1. The van der Waals surface area contributed by atoms with Crippen LogP contribution in [0.3, 0.4) is 0 Å². The monoisotopic (exact) mass is 824 g/mol. The van der Waals surface area contributed by atoms with Gasteiger partial charge in [-0.15, -0.1) is 59.7 Å². The van der Waals surface area contributed by atoms with Gasteiger partial charge in [0.1, 0.15) is 5.58 Å². The van der Waals surface area contributed by atoms with Crippen molar-refractivity contribution in [3.8, 4) is 22.5 Å². The van der Waals surface area contributed by atoms with E-state index in [2.05, 4.69) is 98.9 Å². The van der Waals surface area contributed by atoms with E-state index in [0.717, 1.165) is 55.6 Å². The molecule has 0 fully saturated rings. The fraction of sp³-hybridized carbons (Fsp3) is 0.209. The fourth-order valence-corrected chi connectivity index (χ4v) is 6.59. The van der Waals surface area contributed by atoms with Crippen molar-refractivity contribution in [2.24, 2.45) is 0 Å². The Morgan fingerprint density at radius 1 is 0.729 bits per heavy atom. The van der Waals surface area contributed by atoms with Crippen LogP contribution in [0.25, 0.3) is 44.5 Å². The van der Waals surface area contributed by atoms with Crippen molar-refractivity contribution in [1.29, 1.82) is 0 Å². The van der Waals surface area contributed by atoms with Gasteiger partial charge in [-0.1, -0.05) is 113 Å². The fourth-order valence-electron chi connectivity index (χ4n) is 5.55. The van der Waals surface area contributed by atoms with E-state index in [1.807, 2.05) is 85.9 Å². The molecule has 0 aliphatic heterocycles. The molecule has 4 aromatic carbocycles. The van der Waals surface area contributed by atoms with E-state index in [1.165, 1.54) is 10.8 Å². The molecule has 0 amide bonds. The predicted octanol–water partition coefficient (Wildman–Crippen LogP) is 11.0. The molecule has 3 nitrogen and oxygen atoms in total. The van der Waals surface area contributed by atoms with Crippen molar-refractivity contribution in [2.45, 2.75) is 58.6 Å². The smallest absolute Gasteiger partial charge is 0.121 e. The van der Waals surface area contributed by atoms with E-state index >= 15 is 0 Å². The Morgan fingerprint density at radius 2 is 1.50 bits per heavy atom. The Balaban J connectivity index is 0.000000233. The molecule has 0 saturated heterocycles. The van der Waals surface area contributed by atoms with Gasteiger partial charge in [-0.3, -0.25) is 0 Å². The van der Waals surface area contributed by atoms with E-state index < -0.39 is 14.0 Å². The van der Waals surface area contributed by atoms with Crippen LogP contribution < -0.4 is 5.19 Å². The number of rotatable bonds is 5. The summed E-state index contributed by atoms with van der Waals surface area (Å²) in [5.41, 5.74) is 8.64. The van der Waals surface area contributed by atoms with Gasteiger partial charge in [0.2, 0.25) is 0 Å². The number of nitrogens with zero attached hydrogens (tertiary/aromatic N) is 2. The minimum Gasteiger partial charge on any atom is -0.500 e. The Bertz CT molecular complexity index is 2170. The zero-order valence-corrected chi connectivity index (χ0v) is 32.1. The zero-order valence-electron chi connectivity index (χ0n) is 29.7. The zero-order chi connectivity index (χ0) is 34.1. The van der Waals surface area contributed by atoms with Crippen molar-refractivity contribution >= 4 is 35.2 Å². The quantitative estimate of drug-likeness (QED) is 0.128. The number of aromatic nitrogens is 2. The first-order valence-corrected chi connectivity index (χ1v) is 19.7. The summed E-state index contributed by atoms with van der Waals surface area (Å²) in [4.78, 5) is 9.11. The molecule has 0 aliphatic rings. The minimum atomic E-state index is -1.23. The molecule has 0 saturated carbocycles. The molecule has 7 rings (SSSR count). The van der Waals surface area contributed by atoms with Crippen LogP contribution in [0.1, 0.15) is 51.7 Å². The summed E-state index contributed by atoms with van der Waals surface area (Å²) >= 11 is 0. The maximum Gasteiger partial charge on any atom is 0.121 e. The molecule has 0 spiro atoms. The Morgan fingerprint density at radius 3 is 2.17 bits per heavy atom. The van der Waals surface area contributed by atoms with Crippen LogP contribution in [0.2, 0.25) is 19.6 Å².